The molecule has 0 unspecified atom stereocenters. The van der Waals surface area contributed by atoms with E-state index in [9.17, 15) is 0 Å². The van der Waals surface area contributed by atoms with Crippen molar-refractivity contribution < 1.29 is 0 Å². The lowest BCUT2D eigenvalue weighted by Gasteiger charge is -1.96. The Kier molecular flexibility index (Phi) is 3.09. The third-order valence-corrected chi connectivity index (χ3v) is 3.61. The van der Waals surface area contributed by atoms with Crippen molar-refractivity contribution in [3.8, 4) is 22.0 Å². The molecule has 3 aromatic rings. The molecule has 0 fully saturated rings. The Labute approximate surface area is 114 Å². The van der Waals surface area contributed by atoms with Gasteiger partial charge in [0.15, 0.2) is 0 Å². The highest BCUT2D eigenvalue weighted by atomic mass is 35.5. The normalized spacial score (nSPS) is 10.5. The molecule has 2 nitrogen and oxygen atoms in total. The molecule has 1 aromatic carbocycles. The first-order chi connectivity index (χ1) is 8.83. The van der Waals surface area contributed by atoms with E-state index in [2.05, 4.69) is 9.97 Å². The van der Waals surface area contributed by atoms with Gasteiger partial charge in [0.2, 0.25) is 0 Å². The summed E-state index contributed by atoms with van der Waals surface area (Å²) in [5, 5.41) is 3.59. The Balaban J connectivity index is 1.97. The maximum atomic E-state index is 5.82. The van der Waals surface area contributed by atoms with Crippen LogP contribution in [0.4, 0.5) is 0 Å². The first kappa shape index (κ1) is 11.4. The molecule has 2 aromatic heterocycles. The second-order valence-corrected chi connectivity index (χ2v) is 5.06. The van der Waals surface area contributed by atoms with Gasteiger partial charge in [0.05, 0.1) is 16.4 Å². The van der Waals surface area contributed by atoms with Gasteiger partial charge in [0, 0.05) is 17.1 Å². The fraction of sp³-hybridized carbons (Fsp3) is 0. The van der Waals surface area contributed by atoms with Crippen LogP contribution in [-0.4, -0.2) is 9.97 Å². The lowest BCUT2D eigenvalue weighted by atomic mass is 10.2. The topological polar surface area (TPSA) is 25.8 Å². The number of hydrogen-bond acceptors (Lipinski definition) is 3. The minimum Gasteiger partial charge on any atom is -0.252 e. The minimum atomic E-state index is 0.638. The smallest absolute Gasteiger partial charge is 0.142 e. The molecule has 0 bridgehead atoms. The number of nitrogens with zero attached hydrogens (tertiary/aromatic N) is 2. The molecule has 18 heavy (non-hydrogen) atoms. The van der Waals surface area contributed by atoms with Crippen LogP contribution in [0.2, 0.25) is 5.02 Å². The van der Waals surface area contributed by atoms with E-state index >= 15 is 0 Å². The molecule has 2 heterocycles. The monoisotopic (exact) mass is 272 g/mol. The average molecular weight is 273 g/mol. The molecule has 4 heteroatoms. The van der Waals surface area contributed by atoms with Gasteiger partial charge in [-0.15, -0.1) is 11.3 Å². The van der Waals surface area contributed by atoms with Gasteiger partial charge in [-0.3, -0.25) is 4.98 Å². The zero-order chi connectivity index (χ0) is 12.4. The summed E-state index contributed by atoms with van der Waals surface area (Å²) in [6.45, 7) is 0. The Morgan fingerprint density at radius 2 is 1.78 bits per heavy atom. The van der Waals surface area contributed by atoms with E-state index in [4.69, 9.17) is 11.6 Å². The molecule has 3 rings (SSSR count). The highest BCUT2D eigenvalue weighted by Crippen LogP contribution is 2.27. The van der Waals surface area contributed by atoms with Crippen LogP contribution in [0.1, 0.15) is 0 Å². The van der Waals surface area contributed by atoms with Gasteiger partial charge in [-0.25, -0.2) is 4.98 Å². The van der Waals surface area contributed by atoms with Crippen LogP contribution in [0, 0.1) is 0 Å². The zero-order valence-electron chi connectivity index (χ0n) is 9.38. The average Bonchev–Trinajstić information content (AvgIpc) is 2.90. The molecule has 88 valence electrons. The summed E-state index contributed by atoms with van der Waals surface area (Å²) in [5.74, 6) is 0. The summed E-state index contributed by atoms with van der Waals surface area (Å²) in [4.78, 5) is 8.86. The standard InChI is InChI=1S/C14H9ClN2S/c15-11-6-7-12(16-8-11)14-17-13(9-18-14)10-4-2-1-3-5-10/h1-9H. The lowest BCUT2D eigenvalue weighted by molar-refractivity contribution is 1.29. The van der Waals surface area contributed by atoms with Crippen molar-refractivity contribution in [2.24, 2.45) is 0 Å². The highest BCUT2D eigenvalue weighted by Gasteiger charge is 2.07. The molecule has 0 amide bonds. The van der Waals surface area contributed by atoms with Crippen LogP contribution in [-0.2, 0) is 0 Å². The zero-order valence-corrected chi connectivity index (χ0v) is 10.9. The summed E-state index contributed by atoms with van der Waals surface area (Å²) >= 11 is 7.41. The molecule has 0 saturated carbocycles. The number of hydrogen-bond donors (Lipinski definition) is 0. The highest BCUT2D eigenvalue weighted by molar-refractivity contribution is 7.13. The first-order valence-corrected chi connectivity index (χ1v) is 6.71. The third kappa shape index (κ3) is 2.28. The van der Waals surface area contributed by atoms with Crippen molar-refractivity contribution in [1.29, 1.82) is 0 Å². The van der Waals surface area contributed by atoms with Gasteiger partial charge < -0.3 is 0 Å². The van der Waals surface area contributed by atoms with E-state index in [1.54, 1.807) is 17.5 Å². The Bertz CT molecular complexity index is 647. The van der Waals surface area contributed by atoms with E-state index in [-0.39, 0.29) is 0 Å². The SMILES string of the molecule is Clc1ccc(-c2nc(-c3ccccc3)cs2)nc1. The maximum absolute atomic E-state index is 5.82. The van der Waals surface area contributed by atoms with Crippen LogP contribution in [0.5, 0.6) is 0 Å². The van der Waals surface area contributed by atoms with Crippen LogP contribution < -0.4 is 0 Å². The fourth-order valence-corrected chi connectivity index (χ4v) is 2.55. The Morgan fingerprint density at radius 1 is 0.944 bits per heavy atom. The maximum Gasteiger partial charge on any atom is 0.142 e. The molecule has 0 aliphatic carbocycles. The van der Waals surface area contributed by atoms with E-state index in [0.29, 0.717) is 5.02 Å². The molecule has 0 N–H and O–H groups in total. The van der Waals surface area contributed by atoms with E-state index < -0.39 is 0 Å². The first-order valence-electron chi connectivity index (χ1n) is 5.46. The van der Waals surface area contributed by atoms with E-state index in [1.807, 2.05) is 47.8 Å². The molecule has 0 spiro atoms. The molecule has 0 radical (unpaired) electrons. The molecular formula is C14H9ClN2S. The van der Waals surface area contributed by atoms with Crippen LogP contribution in [0.15, 0.2) is 54.0 Å². The van der Waals surface area contributed by atoms with Gasteiger partial charge >= 0.3 is 0 Å². The van der Waals surface area contributed by atoms with Crippen molar-refractivity contribution in [2.45, 2.75) is 0 Å². The summed E-state index contributed by atoms with van der Waals surface area (Å²) < 4.78 is 0. The lowest BCUT2D eigenvalue weighted by Crippen LogP contribution is -1.82. The number of halogens is 1. The third-order valence-electron chi connectivity index (χ3n) is 2.52. The van der Waals surface area contributed by atoms with Crippen LogP contribution in [0.3, 0.4) is 0 Å². The molecule has 0 aliphatic heterocycles. The number of rotatable bonds is 2. The van der Waals surface area contributed by atoms with Gasteiger partial charge in [-0.05, 0) is 12.1 Å². The number of benzene rings is 1. The quantitative estimate of drug-likeness (QED) is 0.685. The molecule has 0 atom stereocenters. The predicted octanol–water partition coefficient (Wildman–Crippen LogP) is 4.53. The van der Waals surface area contributed by atoms with Crippen molar-refractivity contribution >= 4 is 22.9 Å². The summed E-state index contributed by atoms with van der Waals surface area (Å²) in [5.41, 5.74) is 2.95. The molecular weight excluding hydrogens is 264 g/mol. The summed E-state index contributed by atoms with van der Waals surface area (Å²) in [7, 11) is 0. The molecule has 0 aliphatic rings. The van der Waals surface area contributed by atoms with Gasteiger partial charge in [0.1, 0.15) is 5.01 Å². The largest absolute Gasteiger partial charge is 0.252 e. The van der Waals surface area contributed by atoms with Crippen molar-refractivity contribution in [3.63, 3.8) is 0 Å². The minimum absolute atomic E-state index is 0.638. The van der Waals surface area contributed by atoms with Gasteiger partial charge in [-0.1, -0.05) is 41.9 Å². The van der Waals surface area contributed by atoms with E-state index in [0.717, 1.165) is 22.0 Å². The summed E-state index contributed by atoms with van der Waals surface area (Å²) in [6, 6.07) is 13.8. The number of thiazole rings is 1. The van der Waals surface area contributed by atoms with Crippen LogP contribution >= 0.6 is 22.9 Å². The van der Waals surface area contributed by atoms with Gasteiger partial charge in [0.25, 0.3) is 0 Å². The van der Waals surface area contributed by atoms with Crippen molar-refractivity contribution in [3.05, 3.63) is 59.1 Å². The van der Waals surface area contributed by atoms with E-state index in [1.165, 1.54) is 0 Å². The Morgan fingerprint density at radius 3 is 2.50 bits per heavy atom. The number of pyridine rings is 1. The second-order valence-electron chi connectivity index (χ2n) is 3.77. The number of aromatic nitrogens is 2. The van der Waals surface area contributed by atoms with Crippen molar-refractivity contribution in [2.75, 3.05) is 0 Å². The van der Waals surface area contributed by atoms with Crippen molar-refractivity contribution in [1.82, 2.24) is 9.97 Å². The van der Waals surface area contributed by atoms with Crippen LogP contribution in [0.25, 0.3) is 22.0 Å². The summed E-state index contributed by atoms with van der Waals surface area (Å²) in [6.07, 6.45) is 1.64. The van der Waals surface area contributed by atoms with Gasteiger partial charge in [-0.2, -0.15) is 0 Å². The second kappa shape index (κ2) is 4.88. The molecule has 0 saturated heterocycles. The fourth-order valence-electron chi connectivity index (χ4n) is 1.64. The predicted molar refractivity (Wildman–Crippen MR) is 75.8 cm³/mol. The Hall–Kier alpha value is -1.71.